The van der Waals surface area contributed by atoms with Crippen LogP contribution in [0.2, 0.25) is 0 Å². The van der Waals surface area contributed by atoms with E-state index in [0.29, 0.717) is 24.2 Å². The molecule has 0 aromatic heterocycles. The molecule has 86 valence electrons. The highest BCUT2D eigenvalue weighted by Gasteiger charge is 2.14. The Labute approximate surface area is 96.3 Å². The minimum Gasteiger partial charge on any atom is -0.352 e. The summed E-state index contributed by atoms with van der Waals surface area (Å²) < 4.78 is 0. The second-order valence-corrected chi connectivity index (χ2v) is 4.56. The van der Waals surface area contributed by atoms with Gasteiger partial charge in [0, 0.05) is 17.6 Å². The van der Waals surface area contributed by atoms with E-state index >= 15 is 0 Å². The number of nitrogens with one attached hydrogen (secondary N) is 2. The molecule has 1 aliphatic rings. The Morgan fingerprint density at radius 3 is 2.53 bits per heavy atom. The average Bonchev–Trinajstić information content (AvgIpc) is 2.18. The molecular weight excluding hydrogens is 212 g/mol. The van der Waals surface area contributed by atoms with Crippen molar-refractivity contribution in [1.29, 1.82) is 0 Å². The first-order valence-electron chi connectivity index (χ1n) is 5.52. The second kappa shape index (κ2) is 6.85. The Morgan fingerprint density at radius 2 is 1.93 bits per heavy atom. The summed E-state index contributed by atoms with van der Waals surface area (Å²) in [5.41, 5.74) is 0. The van der Waals surface area contributed by atoms with Crippen LogP contribution < -0.4 is 10.6 Å². The van der Waals surface area contributed by atoms with E-state index in [9.17, 15) is 4.79 Å². The molecule has 0 unspecified atom stereocenters. The van der Waals surface area contributed by atoms with E-state index in [4.69, 9.17) is 11.6 Å². The number of amides is 1. The van der Waals surface area contributed by atoms with Crippen LogP contribution in [0.15, 0.2) is 11.6 Å². The maximum atomic E-state index is 11.4. The molecule has 15 heavy (non-hydrogen) atoms. The van der Waals surface area contributed by atoms with Crippen molar-refractivity contribution in [3.63, 3.8) is 0 Å². The molecule has 3 nitrogen and oxygen atoms in total. The van der Waals surface area contributed by atoms with Crippen molar-refractivity contribution in [2.45, 2.75) is 38.1 Å². The smallest absolute Gasteiger partial charge is 0.234 e. The van der Waals surface area contributed by atoms with Crippen molar-refractivity contribution >= 4 is 17.5 Å². The monoisotopic (exact) mass is 230 g/mol. The molecule has 0 aromatic carbocycles. The molecule has 0 aliphatic heterocycles. The van der Waals surface area contributed by atoms with Crippen LogP contribution in [0.3, 0.4) is 0 Å². The Balaban J connectivity index is 2.09. The van der Waals surface area contributed by atoms with Gasteiger partial charge in [-0.1, -0.05) is 37.4 Å². The summed E-state index contributed by atoms with van der Waals surface area (Å²) in [6.45, 7) is 4.35. The number of hydrogen-bond donors (Lipinski definition) is 2. The molecule has 1 aliphatic carbocycles. The Kier molecular flexibility index (Phi) is 5.73. The predicted octanol–water partition coefficient (Wildman–Crippen LogP) is 1.78. The molecule has 0 bridgehead atoms. The summed E-state index contributed by atoms with van der Waals surface area (Å²) in [7, 11) is 0. The van der Waals surface area contributed by atoms with Gasteiger partial charge in [-0.2, -0.15) is 0 Å². The van der Waals surface area contributed by atoms with Crippen molar-refractivity contribution < 1.29 is 4.79 Å². The topological polar surface area (TPSA) is 41.1 Å². The van der Waals surface area contributed by atoms with Gasteiger partial charge in [0.2, 0.25) is 5.91 Å². The SMILES string of the molecule is C=C(Cl)CNCC(=O)NC1CCCCC1. The highest BCUT2D eigenvalue weighted by Crippen LogP contribution is 2.16. The van der Waals surface area contributed by atoms with Gasteiger partial charge < -0.3 is 10.6 Å². The van der Waals surface area contributed by atoms with Crippen LogP contribution >= 0.6 is 11.6 Å². The third kappa shape index (κ3) is 5.80. The lowest BCUT2D eigenvalue weighted by Crippen LogP contribution is -2.41. The third-order valence-electron chi connectivity index (χ3n) is 2.57. The van der Waals surface area contributed by atoms with Crippen LogP contribution in [0.1, 0.15) is 32.1 Å². The average molecular weight is 231 g/mol. The maximum Gasteiger partial charge on any atom is 0.234 e. The van der Waals surface area contributed by atoms with E-state index in [1.807, 2.05) is 0 Å². The van der Waals surface area contributed by atoms with E-state index in [1.165, 1.54) is 19.3 Å². The second-order valence-electron chi connectivity index (χ2n) is 4.02. The lowest BCUT2D eigenvalue weighted by molar-refractivity contribution is -0.121. The molecular formula is C11H19ClN2O. The van der Waals surface area contributed by atoms with Crippen molar-refractivity contribution in [3.8, 4) is 0 Å². The van der Waals surface area contributed by atoms with E-state index in [-0.39, 0.29) is 5.91 Å². The first-order valence-corrected chi connectivity index (χ1v) is 5.89. The number of rotatable bonds is 5. The van der Waals surface area contributed by atoms with Crippen LogP contribution in [-0.2, 0) is 4.79 Å². The van der Waals surface area contributed by atoms with E-state index in [1.54, 1.807) is 0 Å². The number of halogens is 1. The van der Waals surface area contributed by atoms with E-state index in [2.05, 4.69) is 17.2 Å². The fourth-order valence-corrected chi connectivity index (χ4v) is 1.93. The fraction of sp³-hybridized carbons (Fsp3) is 0.727. The zero-order chi connectivity index (χ0) is 11.1. The molecule has 1 amide bonds. The van der Waals surface area contributed by atoms with E-state index in [0.717, 1.165) is 12.8 Å². The Morgan fingerprint density at radius 1 is 1.27 bits per heavy atom. The molecule has 1 saturated carbocycles. The van der Waals surface area contributed by atoms with Gasteiger partial charge in [0.05, 0.1) is 6.54 Å². The fourth-order valence-electron chi connectivity index (χ4n) is 1.84. The van der Waals surface area contributed by atoms with Gasteiger partial charge >= 0.3 is 0 Å². The zero-order valence-electron chi connectivity index (χ0n) is 9.02. The van der Waals surface area contributed by atoms with Gasteiger partial charge in [-0.3, -0.25) is 4.79 Å². The van der Waals surface area contributed by atoms with Gasteiger partial charge in [0.25, 0.3) is 0 Å². The van der Waals surface area contributed by atoms with Crippen molar-refractivity contribution in [2.75, 3.05) is 13.1 Å². The number of carbonyl (C=O) groups is 1. The molecule has 0 atom stereocenters. The summed E-state index contributed by atoms with van der Waals surface area (Å²) in [6.07, 6.45) is 6.01. The third-order valence-corrected chi connectivity index (χ3v) is 2.71. The normalized spacial score (nSPS) is 17.4. The Hall–Kier alpha value is -0.540. The van der Waals surface area contributed by atoms with Crippen LogP contribution in [0, 0.1) is 0 Å². The molecule has 1 fully saturated rings. The minimum absolute atomic E-state index is 0.0554. The van der Waals surface area contributed by atoms with Gasteiger partial charge in [0.15, 0.2) is 0 Å². The molecule has 2 N–H and O–H groups in total. The summed E-state index contributed by atoms with van der Waals surface area (Å²) in [6, 6.07) is 0.382. The van der Waals surface area contributed by atoms with Gasteiger partial charge in [-0.05, 0) is 12.8 Å². The van der Waals surface area contributed by atoms with Gasteiger partial charge in [-0.25, -0.2) is 0 Å². The van der Waals surface area contributed by atoms with Crippen LogP contribution in [0.25, 0.3) is 0 Å². The summed E-state index contributed by atoms with van der Waals surface area (Å²) in [5.74, 6) is 0.0554. The summed E-state index contributed by atoms with van der Waals surface area (Å²) in [4.78, 5) is 11.4. The lowest BCUT2D eigenvalue weighted by atomic mass is 9.95. The molecule has 1 rings (SSSR count). The highest BCUT2D eigenvalue weighted by atomic mass is 35.5. The quantitative estimate of drug-likeness (QED) is 0.756. The Bertz CT molecular complexity index is 225. The molecule has 4 heteroatoms. The zero-order valence-corrected chi connectivity index (χ0v) is 9.78. The maximum absolute atomic E-state index is 11.4. The summed E-state index contributed by atoms with van der Waals surface area (Å²) in [5, 5.41) is 6.48. The highest BCUT2D eigenvalue weighted by molar-refractivity contribution is 6.29. The van der Waals surface area contributed by atoms with Crippen molar-refractivity contribution in [3.05, 3.63) is 11.6 Å². The lowest BCUT2D eigenvalue weighted by Gasteiger charge is -2.22. The first kappa shape index (κ1) is 12.5. The largest absolute Gasteiger partial charge is 0.352 e. The molecule has 0 aromatic rings. The molecule has 0 spiro atoms. The van der Waals surface area contributed by atoms with Crippen molar-refractivity contribution in [2.24, 2.45) is 0 Å². The number of hydrogen-bond acceptors (Lipinski definition) is 2. The number of carbonyl (C=O) groups excluding carboxylic acids is 1. The summed E-state index contributed by atoms with van der Waals surface area (Å²) >= 11 is 5.56. The minimum atomic E-state index is 0.0554. The molecule has 0 radical (unpaired) electrons. The van der Waals surface area contributed by atoms with Crippen LogP contribution in [0.4, 0.5) is 0 Å². The van der Waals surface area contributed by atoms with Crippen LogP contribution in [0.5, 0.6) is 0 Å². The van der Waals surface area contributed by atoms with Crippen molar-refractivity contribution in [1.82, 2.24) is 10.6 Å². The van der Waals surface area contributed by atoms with Crippen LogP contribution in [-0.4, -0.2) is 25.0 Å². The molecule has 0 saturated heterocycles. The predicted molar refractivity (Wildman–Crippen MR) is 62.9 cm³/mol. The van der Waals surface area contributed by atoms with Gasteiger partial charge in [0.1, 0.15) is 0 Å². The van der Waals surface area contributed by atoms with Gasteiger partial charge in [-0.15, -0.1) is 0 Å². The first-order chi connectivity index (χ1) is 7.18. The molecule has 0 heterocycles. The standard InChI is InChI=1S/C11H19ClN2O/c1-9(12)7-13-8-11(15)14-10-5-3-2-4-6-10/h10,13H,1-8H2,(H,14,15). The van der Waals surface area contributed by atoms with E-state index < -0.39 is 0 Å².